The van der Waals surface area contributed by atoms with E-state index in [1.165, 1.54) is 4.88 Å². The minimum absolute atomic E-state index is 0.0776. The van der Waals surface area contributed by atoms with E-state index in [-0.39, 0.29) is 6.61 Å². The number of hydrogen-bond acceptors (Lipinski definition) is 5. The van der Waals surface area contributed by atoms with E-state index in [9.17, 15) is 0 Å². The van der Waals surface area contributed by atoms with Crippen LogP contribution in [0.1, 0.15) is 24.4 Å². The smallest absolute Gasteiger partial charge is 0.148 e. The molecule has 2 heterocycles. The Balaban J connectivity index is 2.23. The lowest BCUT2D eigenvalue weighted by Gasteiger charge is -2.27. The van der Waals surface area contributed by atoms with Crippen LogP contribution in [-0.2, 0) is 13.2 Å². The summed E-state index contributed by atoms with van der Waals surface area (Å²) in [5, 5.41) is 11.2. The highest BCUT2D eigenvalue weighted by Gasteiger charge is 2.14. The molecule has 0 aliphatic carbocycles. The fourth-order valence-corrected chi connectivity index (χ4v) is 2.41. The van der Waals surface area contributed by atoms with Gasteiger partial charge < -0.3 is 10.0 Å². The highest BCUT2D eigenvalue weighted by atomic mass is 32.1. The van der Waals surface area contributed by atoms with Gasteiger partial charge in [-0.15, -0.1) is 11.3 Å². The number of aliphatic hydroxyl groups is 1. The monoisotopic (exact) mass is 263 g/mol. The number of rotatable bonds is 5. The lowest BCUT2D eigenvalue weighted by Crippen LogP contribution is -2.30. The SMILES string of the molecule is CC(C)N(Cc1cccs1)c1cncc(CO)n1. The zero-order valence-electron chi connectivity index (χ0n) is 10.6. The molecular weight excluding hydrogens is 246 g/mol. The van der Waals surface area contributed by atoms with Crippen molar-refractivity contribution in [3.63, 3.8) is 0 Å². The minimum atomic E-state index is -0.0776. The summed E-state index contributed by atoms with van der Waals surface area (Å²) >= 11 is 1.73. The van der Waals surface area contributed by atoms with Gasteiger partial charge in [-0.25, -0.2) is 4.98 Å². The molecule has 0 aliphatic rings. The molecule has 2 aromatic heterocycles. The van der Waals surface area contributed by atoms with Gasteiger partial charge in [-0.05, 0) is 25.3 Å². The van der Waals surface area contributed by atoms with Gasteiger partial charge in [0, 0.05) is 10.9 Å². The first kappa shape index (κ1) is 13.0. The topological polar surface area (TPSA) is 49.2 Å². The van der Waals surface area contributed by atoms with Crippen molar-refractivity contribution in [2.45, 2.75) is 33.0 Å². The Bertz CT molecular complexity index is 485. The normalized spacial score (nSPS) is 10.9. The summed E-state index contributed by atoms with van der Waals surface area (Å²) in [6.07, 6.45) is 3.33. The second kappa shape index (κ2) is 5.93. The van der Waals surface area contributed by atoms with E-state index >= 15 is 0 Å². The molecule has 5 heteroatoms. The van der Waals surface area contributed by atoms with Crippen LogP contribution < -0.4 is 4.90 Å². The fraction of sp³-hybridized carbons (Fsp3) is 0.385. The number of thiophene rings is 1. The predicted molar refractivity (Wildman–Crippen MR) is 73.6 cm³/mol. The van der Waals surface area contributed by atoms with Gasteiger partial charge in [0.15, 0.2) is 0 Å². The molecule has 2 aromatic rings. The van der Waals surface area contributed by atoms with Gasteiger partial charge in [0.2, 0.25) is 0 Å². The Kier molecular flexibility index (Phi) is 4.28. The molecule has 0 spiro atoms. The maximum absolute atomic E-state index is 9.12. The standard InChI is InChI=1S/C13H17N3OS/c1-10(2)16(8-12-4-3-5-18-12)13-7-14-6-11(9-17)15-13/h3-7,10,17H,8-9H2,1-2H3. The molecule has 0 radical (unpaired) electrons. The summed E-state index contributed by atoms with van der Waals surface area (Å²) in [6, 6.07) is 4.49. The van der Waals surface area contributed by atoms with Crippen LogP contribution in [0.2, 0.25) is 0 Å². The minimum Gasteiger partial charge on any atom is -0.390 e. The van der Waals surface area contributed by atoms with E-state index in [4.69, 9.17) is 5.11 Å². The average Bonchev–Trinajstić information content (AvgIpc) is 2.88. The summed E-state index contributed by atoms with van der Waals surface area (Å²) in [7, 11) is 0. The quantitative estimate of drug-likeness (QED) is 0.900. The third kappa shape index (κ3) is 3.05. The molecule has 2 rings (SSSR count). The molecule has 0 unspecified atom stereocenters. The Labute approximate surface area is 111 Å². The molecule has 0 saturated carbocycles. The van der Waals surface area contributed by atoms with Crippen LogP contribution in [-0.4, -0.2) is 21.1 Å². The van der Waals surface area contributed by atoms with Crippen molar-refractivity contribution in [2.75, 3.05) is 4.90 Å². The number of hydrogen-bond donors (Lipinski definition) is 1. The second-order valence-corrected chi connectivity index (χ2v) is 5.36. The molecule has 0 bridgehead atoms. The lowest BCUT2D eigenvalue weighted by atomic mass is 10.3. The Morgan fingerprint density at radius 1 is 1.39 bits per heavy atom. The number of anilines is 1. The summed E-state index contributed by atoms with van der Waals surface area (Å²) in [6.45, 7) is 4.99. The summed E-state index contributed by atoms with van der Waals surface area (Å²) < 4.78 is 0. The van der Waals surface area contributed by atoms with Crippen LogP contribution in [0.4, 0.5) is 5.82 Å². The maximum atomic E-state index is 9.12. The molecule has 0 fully saturated rings. The maximum Gasteiger partial charge on any atom is 0.148 e. The fourth-order valence-electron chi connectivity index (χ4n) is 1.71. The van der Waals surface area contributed by atoms with Crippen LogP contribution in [0.3, 0.4) is 0 Å². The zero-order valence-corrected chi connectivity index (χ0v) is 11.4. The summed E-state index contributed by atoms with van der Waals surface area (Å²) in [4.78, 5) is 12.0. The van der Waals surface area contributed by atoms with Crippen molar-refractivity contribution < 1.29 is 5.11 Å². The molecule has 0 atom stereocenters. The molecule has 0 aliphatic heterocycles. The first-order chi connectivity index (χ1) is 8.70. The third-order valence-electron chi connectivity index (χ3n) is 2.66. The highest BCUT2D eigenvalue weighted by molar-refractivity contribution is 7.09. The number of aliphatic hydroxyl groups excluding tert-OH is 1. The zero-order chi connectivity index (χ0) is 13.0. The predicted octanol–water partition coefficient (Wildman–Crippen LogP) is 2.45. The molecule has 0 saturated heterocycles. The second-order valence-electron chi connectivity index (χ2n) is 4.33. The van der Waals surface area contributed by atoms with Gasteiger partial charge in [0.1, 0.15) is 5.82 Å². The molecule has 0 amide bonds. The first-order valence-corrected chi connectivity index (χ1v) is 6.79. The molecule has 18 heavy (non-hydrogen) atoms. The van der Waals surface area contributed by atoms with E-state index in [2.05, 4.69) is 40.2 Å². The van der Waals surface area contributed by atoms with E-state index in [0.717, 1.165) is 12.4 Å². The van der Waals surface area contributed by atoms with E-state index in [1.54, 1.807) is 23.7 Å². The average molecular weight is 263 g/mol. The molecular formula is C13H17N3OS. The molecule has 1 N–H and O–H groups in total. The molecule has 4 nitrogen and oxygen atoms in total. The van der Waals surface area contributed by atoms with Gasteiger partial charge in [0.25, 0.3) is 0 Å². The third-order valence-corrected chi connectivity index (χ3v) is 3.52. The van der Waals surface area contributed by atoms with Crippen LogP contribution in [0.5, 0.6) is 0 Å². The van der Waals surface area contributed by atoms with E-state index in [1.807, 2.05) is 6.07 Å². The van der Waals surface area contributed by atoms with Gasteiger partial charge >= 0.3 is 0 Å². The van der Waals surface area contributed by atoms with Gasteiger partial charge in [-0.1, -0.05) is 6.07 Å². The Morgan fingerprint density at radius 3 is 2.83 bits per heavy atom. The Morgan fingerprint density at radius 2 is 2.22 bits per heavy atom. The highest BCUT2D eigenvalue weighted by Crippen LogP contribution is 2.19. The van der Waals surface area contributed by atoms with E-state index in [0.29, 0.717) is 11.7 Å². The molecule has 96 valence electrons. The van der Waals surface area contributed by atoms with Crippen molar-refractivity contribution in [1.82, 2.24) is 9.97 Å². The largest absolute Gasteiger partial charge is 0.390 e. The Hall–Kier alpha value is -1.46. The van der Waals surface area contributed by atoms with Crippen molar-refractivity contribution in [3.8, 4) is 0 Å². The number of aromatic nitrogens is 2. The van der Waals surface area contributed by atoms with Crippen molar-refractivity contribution >= 4 is 17.2 Å². The molecule has 0 aromatic carbocycles. The van der Waals surface area contributed by atoms with Crippen LogP contribution >= 0.6 is 11.3 Å². The summed E-state index contributed by atoms with van der Waals surface area (Å²) in [5.74, 6) is 0.810. The van der Waals surface area contributed by atoms with Gasteiger partial charge in [-0.2, -0.15) is 0 Å². The van der Waals surface area contributed by atoms with Crippen LogP contribution in [0.25, 0.3) is 0 Å². The van der Waals surface area contributed by atoms with Crippen molar-refractivity contribution in [1.29, 1.82) is 0 Å². The van der Waals surface area contributed by atoms with Gasteiger partial charge in [-0.3, -0.25) is 4.98 Å². The van der Waals surface area contributed by atoms with Crippen molar-refractivity contribution in [2.24, 2.45) is 0 Å². The lowest BCUT2D eigenvalue weighted by molar-refractivity contribution is 0.276. The summed E-state index contributed by atoms with van der Waals surface area (Å²) in [5.41, 5.74) is 0.601. The first-order valence-electron chi connectivity index (χ1n) is 5.91. The van der Waals surface area contributed by atoms with Crippen LogP contribution in [0, 0.1) is 0 Å². The number of nitrogens with zero attached hydrogens (tertiary/aromatic N) is 3. The van der Waals surface area contributed by atoms with Crippen molar-refractivity contribution in [3.05, 3.63) is 40.5 Å². The van der Waals surface area contributed by atoms with Crippen LogP contribution in [0.15, 0.2) is 29.9 Å². The van der Waals surface area contributed by atoms with Gasteiger partial charge in [0.05, 0.1) is 31.2 Å². The van der Waals surface area contributed by atoms with E-state index < -0.39 is 0 Å².